The molecule has 1 saturated heterocycles. The Bertz CT molecular complexity index is 495. The monoisotopic (exact) mass is 311 g/mol. The molecule has 1 fully saturated rings. The highest BCUT2D eigenvalue weighted by Crippen LogP contribution is 2.13. The van der Waals surface area contributed by atoms with E-state index in [0.717, 1.165) is 18.7 Å². The van der Waals surface area contributed by atoms with Gasteiger partial charge in [0.15, 0.2) is 0 Å². The van der Waals surface area contributed by atoms with Crippen LogP contribution in [0.5, 0.6) is 0 Å². The molecule has 0 unspecified atom stereocenters. The summed E-state index contributed by atoms with van der Waals surface area (Å²) in [7, 11) is 0. The first-order chi connectivity index (χ1) is 10.1. The average molecular weight is 311 g/mol. The van der Waals surface area contributed by atoms with E-state index in [2.05, 4.69) is 21.0 Å². The standard InChI is InChI=1S/C14H21N3O3S/c1-11-9-21-10-12(11)8-15-14(20)17-6-4-16(5-7-17)3-2-13(18)19/h9-10H,2-8H2,1H3,(H,15,20)(H,18,19). The number of amides is 2. The van der Waals surface area contributed by atoms with Crippen molar-refractivity contribution in [3.05, 3.63) is 21.9 Å². The van der Waals surface area contributed by atoms with Gasteiger partial charge in [-0.05, 0) is 28.8 Å². The minimum Gasteiger partial charge on any atom is -0.481 e. The number of hydrogen-bond acceptors (Lipinski definition) is 4. The molecule has 1 aromatic rings. The molecule has 0 radical (unpaired) electrons. The fourth-order valence-electron chi connectivity index (χ4n) is 2.28. The van der Waals surface area contributed by atoms with Gasteiger partial charge in [0.25, 0.3) is 0 Å². The van der Waals surface area contributed by atoms with Gasteiger partial charge >= 0.3 is 12.0 Å². The number of carbonyl (C=O) groups excluding carboxylic acids is 1. The molecule has 1 aromatic heterocycles. The summed E-state index contributed by atoms with van der Waals surface area (Å²) in [5.41, 5.74) is 2.37. The fourth-order valence-corrected chi connectivity index (χ4v) is 3.14. The van der Waals surface area contributed by atoms with Crippen LogP contribution in [0.1, 0.15) is 17.5 Å². The average Bonchev–Trinajstić information content (AvgIpc) is 2.88. The van der Waals surface area contributed by atoms with Crippen LogP contribution in [0.2, 0.25) is 0 Å². The van der Waals surface area contributed by atoms with E-state index < -0.39 is 5.97 Å². The molecule has 0 saturated carbocycles. The molecular formula is C14H21N3O3S. The number of nitrogens with zero attached hydrogens (tertiary/aromatic N) is 2. The van der Waals surface area contributed by atoms with Gasteiger partial charge in [0.1, 0.15) is 0 Å². The van der Waals surface area contributed by atoms with E-state index >= 15 is 0 Å². The zero-order valence-corrected chi connectivity index (χ0v) is 13.0. The lowest BCUT2D eigenvalue weighted by Gasteiger charge is -2.34. The highest BCUT2D eigenvalue weighted by atomic mass is 32.1. The normalized spacial score (nSPS) is 16.0. The highest BCUT2D eigenvalue weighted by Gasteiger charge is 2.21. The molecule has 2 rings (SSSR count). The second-order valence-electron chi connectivity index (χ2n) is 5.21. The molecule has 21 heavy (non-hydrogen) atoms. The first-order valence-electron chi connectivity index (χ1n) is 7.05. The molecule has 0 atom stereocenters. The summed E-state index contributed by atoms with van der Waals surface area (Å²) in [5, 5.41) is 15.7. The van der Waals surface area contributed by atoms with Gasteiger partial charge in [-0.3, -0.25) is 9.69 Å². The second kappa shape index (κ2) is 7.42. The topological polar surface area (TPSA) is 72.9 Å². The van der Waals surface area contributed by atoms with Gasteiger partial charge in [0.2, 0.25) is 0 Å². The Hall–Kier alpha value is -1.60. The first kappa shape index (κ1) is 15.8. The van der Waals surface area contributed by atoms with Crippen LogP contribution in [0, 0.1) is 6.92 Å². The first-order valence-corrected chi connectivity index (χ1v) is 7.99. The van der Waals surface area contributed by atoms with Crippen LogP contribution in [-0.2, 0) is 11.3 Å². The highest BCUT2D eigenvalue weighted by molar-refractivity contribution is 7.08. The molecule has 0 aromatic carbocycles. The number of carboxylic acid groups (broad SMARTS) is 1. The third kappa shape index (κ3) is 4.71. The number of urea groups is 1. The van der Waals surface area contributed by atoms with E-state index in [0.29, 0.717) is 26.2 Å². The molecule has 7 heteroatoms. The maximum atomic E-state index is 12.1. The van der Waals surface area contributed by atoms with Crippen molar-refractivity contribution in [3.8, 4) is 0 Å². The molecule has 116 valence electrons. The Morgan fingerprint density at radius 2 is 2.00 bits per heavy atom. The molecule has 0 spiro atoms. The zero-order chi connectivity index (χ0) is 15.2. The van der Waals surface area contributed by atoms with Crippen LogP contribution in [0.4, 0.5) is 4.79 Å². The number of carbonyl (C=O) groups is 2. The molecule has 1 aliphatic heterocycles. The van der Waals surface area contributed by atoms with Crippen LogP contribution >= 0.6 is 11.3 Å². The Morgan fingerprint density at radius 3 is 2.57 bits per heavy atom. The smallest absolute Gasteiger partial charge is 0.317 e. The lowest BCUT2D eigenvalue weighted by atomic mass is 10.2. The van der Waals surface area contributed by atoms with E-state index in [1.54, 1.807) is 16.2 Å². The molecule has 2 amide bonds. The summed E-state index contributed by atoms with van der Waals surface area (Å²) in [5.74, 6) is -0.777. The minimum atomic E-state index is -0.777. The molecule has 0 aliphatic carbocycles. The largest absolute Gasteiger partial charge is 0.481 e. The van der Waals surface area contributed by atoms with Crippen LogP contribution in [0.25, 0.3) is 0 Å². The van der Waals surface area contributed by atoms with Gasteiger partial charge < -0.3 is 15.3 Å². The molecule has 6 nitrogen and oxygen atoms in total. The second-order valence-corrected chi connectivity index (χ2v) is 5.95. The van der Waals surface area contributed by atoms with Crippen LogP contribution < -0.4 is 5.32 Å². The minimum absolute atomic E-state index is 0.0431. The van der Waals surface area contributed by atoms with Crippen molar-refractivity contribution < 1.29 is 14.7 Å². The number of aliphatic carboxylic acids is 1. The molecule has 0 bridgehead atoms. The Balaban J connectivity index is 1.70. The van der Waals surface area contributed by atoms with E-state index in [9.17, 15) is 9.59 Å². The molecule has 2 N–H and O–H groups in total. The summed E-state index contributed by atoms with van der Waals surface area (Å²) in [6.07, 6.45) is 0.156. The maximum Gasteiger partial charge on any atom is 0.317 e. The third-order valence-electron chi connectivity index (χ3n) is 3.69. The summed E-state index contributed by atoms with van der Waals surface area (Å²) in [6, 6.07) is -0.0431. The van der Waals surface area contributed by atoms with Crippen molar-refractivity contribution in [2.45, 2.75) is 19.9 Å². The Morgan fingerprint density at radius 1 is 1.29 bits per heavy atom. The number of thiophene rings is 1. The number of rotatable bonds is 5. The quantitative estimate of drug-likeness (QED) is 0.861. The summed E-state index contributed by atoms with van der Waals surface area (Å²) in [6.45, 7) is 5.92. The van der Waals surface area contributed by atoms with Crippen molar-refractivity contribution >= 4 is 23.3 Å². The number of nitrogens with one attached hydrogen (secondary N) is 1. The summed E-state index contributed by atoms with van der Waals surface area (Å²) in [4.78, 5) is 26.5. The number of carboxylic acids is 1. The molecular weight excluding hydrogens is 290 g/mol. The van der Waals surface area contributed by atoms with Gasteiger partial charge in [-0.25, -0.2) is 4.79 Å². The van der Waals surface area contributed by atoms with Gasteiger partial charge in [0, 0.05) is 39.3 Å². The van der Waals surface area contributed by atoms with E-state index in [-0.39, 0.29) is 12.5 Å². The number of aryl methyl sites for hydroxylation is 1. The summed E-state index contributed by atoms with van der Waals surface area (Å²) < 4.78 is 0. The van der Waals surface area contributed by atoms with Crippen molar-refractivity contribution in [3.63, 3.8) is 0 Å². The summed E-state index contributed by atoms with van der Waals surface area (Å²) >= 11 is 1.64. The maximum absolute atomic E-state index is 12.1. The van der Waals surface area contributed by atoms with E-state index in [1.807, 2.05) is 6.92 Å². The third-order valence-corrected chi connectivity index (χ3v) is 4.60. The van der Waals surface area contributed by atoms with Crippen molar-refractivity contribution in [1.82, 2.24) is 15.1 Å². The number of hydrogen-bond donors (Lipinski definition) is 2. The zero-order valence-electron chi connectivity index (χ0n) is 12.2. The Kier molecular flexibility index (Phi) is 5.58. The van der Waals surface area contributed by atoms with Gasteiger partial charge in [-0.2, -0.15) is 11.3 Å². The van der Waals surface area contributed by atoms with Crippen LogP contribution in [0.3, 0.4) is 0 Å². The predicted molar refractivity (Wildman–Crippen MR) is 81.6 cm³/mol. The van der Waals surface area contributed by atoms with E-state index in [4.69, 9.17) is 5.11 Å². The molecule has 1 aliphatic rings. The van der Waals surface area contributed by atoms with E-state index in [1.165, 1.54) is 5.56 Å². The van der Waals surface area contributed by atoms with Crippen molar-refractivity contribution in [1.29, 1.82) is 0 Å². The van der Waals surface area contributed by atoms with Gasteiger partial charge in [0.05, 0.1) is 6.42 Å². The predicted octanol–water partition coefficient (Wildman–Crippen LogP) is 1.36. The van der Waals surface area contributed by atoms with Crippen LogP contribution in [0.15, 0.2) is 10.8 Å². The molecule has 2 heterocycles. The van der Waals surface area contributed by atoms with Gasteiger partial charge in [-0.1, -0.05) is 0 Å². The lowest BCUT2D eigenvalue weighted by molar-refractivity contribution is -0.137. The lowest BCUT2D eigenvalue weighted by Crippen LogP contribution is -2.51. The van der Waals surface area contributed by atoms with Gasteiger partial charge in [-0.15, -0.1) is 0 Å². The van der Waals surface area contributed by atoms with Crippen molar-refractivity contribution in [2.24, 2.45) is 0 Å². The van der Waals surface area contributed by atoms with Crippen LogP contribution in [-0.4, -0.2) is 59.6 Å². The number of piperazine rings is 1. The fraction of sp³-hybridized carbons (Fsp3) is 0.571. The SMILES string of the molecule is Cc1cscc1CNC(=O)N1CCN(CCC(=O)O)CC1. The van der Waals surface area contributed by atoms with Crippen molar-refractivity contribution in [2.75, 3.05) is 32.7 Å². The Labute approximate surface area is 128 Å².